The molecule has 2 bridgehead atoms. The van der Waals surface area contributed by atoms with Crippen LogP contribution in [0.2, 0.25) is 0 Å². The molecule has 0 unspecified atom stereocenters. The minimum Gasteiger partial charge on any atom is -0.367 e. The zero-order chi connectivity index (χ0) is 16.6. The number of allylic oxidation sites excluding steroid dienone is 2. The van der Waals surface area contributed by atoms with Crippen molar-refractivity contribution in [2.75, 3.05) is 12.0 Å². The standard InChI is InChI=1S/C20H22N2O2/c1-10-3-6-16(11(2)7-10)21-9-22-19(23)17-12-4-5-13(15-8-14(12)15)18(17)20(22)24/h3-7,12-15,17-18,21H,8-9H2,1-2H3/t12-,13-,14-,15+,17+,18+/m0/s1. The number of imide groups is 1. The summed E-state index contributed by atoms with van der Waals surface area (Å²) in [5.41, 5.74) is 3.33. The second kappa shape index (κ2) is 4.71. The van der Waals surface area contributed by atoms with E-state index in [1.54, 1.807) is 0 Å². The van der Waals surface area contributed by atoms with Gasteiger partial charge in [-0.05, 0) is 55.6 Å². The molecule has 1 aromatic rings. The van der Waals surface area contributed by atoms with Crippen molar-refractivity contribution in [3.8, 4) is 0 Å². The van der Waals surface area contributed by atoms with Crippen LogP contribution in [0.15, 0.2) is 30.4 Å². The molecule has 1 saturated heterocycles. The molecule has 2 saturated carbocycles. The van der Waals surface area contributed by atoms with Crippen LogP contribution in [0.1, 0.15) is 17.5 Å². The fourth-order valence-corrected chi connectivity index (χ4v) is 5.35. The second-order valence-corrected chi connectivity index (χ2v) is 7.91. The maximum Gasteiger partial charge on any atom is 0.235 e. The summed E-state index contributed by atoms with van der Waals surface area (Å²) in [6.45, 7) is 4.38. The van der Waals surface area contributed by atoms with E-state index >= 15 is 0 Å². The Bertz CT molecular complexity index is 748. The maximum absolute atomic E-state index is 12.9. The lowest BCUT2D eigenvalue weighted by Gasteiger charge is -2.37. The molecule has 124 valence electrons. The highest BCUT2D eigenvalue weighted by molar-refractivity contribution is 6.06. The normalized spacial score (nSPS) is 38.3. The number of amides is 2. The van der Waals surface area contributed by atoms with Crippen LogP contribution in [-0.4, -0.2) is 23.4 Å². The van der Waals surface area contributed by atoms with Gasteiger partial charge in [-0.2, -0.15) is 0 Å². The molecule has 2 amide bonds. The number of benzene rings is 1. The van der Waals surface area contributed by atoms with Gasteiger partial charge in [-0.25, -0.2) is 0 Å². The Morgan fingerprint density at radius 1 is 1.04 bits per heavy atom. The van der Waals surface area contributed by atoms with Crippen molar-refractivity contribution in [2.45, 2.75) is 20.3 Å². The van der Waals surface area contributed by atoms with E-state index in [0.717, 1.165) is 11.3 Å². The van der Waals surface area contributed by atoms with Crippen LogP contribution in [0, 0.1) is 49.4 Å². The molecule has 1 aliphatic heterocycles. The van der Waals surface area contributed by atoms with E-state index in [4.69, 9.17) is 0 Å². The molecular formula is C20H22N2O2. The summed E-state index contributed by atoms with van der Waals surface area (Å²) in [5, 5.41) is 3.29. The first-order valence-corrected chi connectivity index (χ1v) is 8.91. The van der Waals surface area contributed by atoms with Crippen LogP contribution >= 0.6 is 0 Å². The molecule has 0 spiro atoms. The number of aryl methyl sites for hydroxylation is 2. The summed E-state index contributed by atoms with van der Waals surface area (Å²) < 4.78 is 0. The zero-order valence-electron chi connectivity index (χ0n) is 14.0. The lowest BCUT2D eigenvalue weighted by molar-refractivity contribution is -0.139. The van der Waals surface area contributed by atoms with Crippen LogP contribution in [0.3, 0.4) is 0 Å². The molecule has 24 heavy (non-hydrogen) atoms. The lowest BCUT2D eigenvalue weighted by atomic mass is 9.63. The zero-order valence-corrected chi connectivity index (χ0v) is 14.0. The van der Waals surface area contributed by atoms with E-state index in [0.29, 0.717) is 23.7 Å². The topological polar surface area (TPSA) is 49.4 Å². The number of nitrogens with zero attached hydrogens (tertiary/aromatic N) is 1. The first-order chi connectivity index (χ1) is 11.6. The molecule has 1 N–H and O–H groups in total. The Hall–Kier alpha value is -2.10. The van der Waals surface area contributed by atoms with Crippen molar-refractivity contribution < 1.29 is 9.59 Å². The van der Waals surface area contributed by atoms with E-state index in [2.05, 4.69) is 30.5 Å². The molecule has 4 heteroatoms. The van der Waals surface area contributed by atoms with Crippen LogP contribution < -0.4 is 5.32 Å². The Kier molecular flexibility index (Phi) is 2.80. The van der Waals surface area contributed by atoms with Gasteiger partial charge in [0.25, 0.3) is 0 Å². The van der Waals surface area contributed by atoms with Gasteiger partial charge in [0, 0.05) is 5.69 Å². The maximum atomic E-state index is 12.9. The highest BCUT2D eigenvalue weighted by Crippen LogP contribution is 2.65. The smallest absolute Gasteiger partial charge is 0.235 e. The fourth-order valence-electron chi connectivity index (χ4n) is 5.35. The average molecular weight is 322 g/mol. The van der Waals surface area contributed by atoms with Gasteiger partial charge in [-0.15, -0.1) is 0 Å². The SMILES string of the molecule is Cc1ccc(NCN2C(=O)[C@@H]3[C@H]4C=C[C@@H]([C@@H]5C[C@H]45)[C@H]3C2=O)c(C)c1. The number of anilines is 1. The third kappa shape index (κ3) is 1.80. The molecule has 3 fully saturated rings. The quantitative estimate of drug-likeness (QED) is 0.688. The van der Waals surface area contributed by atoms with Crippen molar-refractivity contribution >= 4 is 17.5 Å². The number of carbonyl (C=O) groups is 2. The molecule has 5 aliphatic rings. The van der Waals surface area contributed by atoms with E-state index in [9.17, 15) is 9.59 Å². The fraction of sp³-hybridized carbons (Fsp3) is 0.500. The minimum absolute atomic E-state index is 0.0342. The molecule has 6 rings (SSSR count). The Labute approximate surface area is 141 Å². The van der Waals surface area contributed by atoms with Gasteiger partial charge >= 0.3 is 0 Å². The lowest BCUT2D eigenvalue weighted by Crippen LogP contribution is -2.40. The monoisotopic (exact) mass is 322 g/mol. The van der Waals surface area contributed by atoms with Crippen molar-refractivity contribution in [1.82, 2.24) is 4.90 Å². The number of rotatable bonds is 3. The molecule has 4 nitrogen and oxygen atoms in total. The third-order valence-electron chi connectivity index (χ3n) is 6.56. The summed E-state index contributed by atoms with van der Waals surface area (Å²) in [6.07, 6.45) is 5.63. The van der Waals surface area contributed by atoms with E-state index in [1.165, 1.54) is 16.9 Å². The minimum atomic E-state index is -0.0998. The highest BCUT2D eigenvalue weighted by Gasteiger charge is 2.66. The van der Waals surface area contributed by atoms with Gasteiger partial charge in [0.1, 0.15) is 0 Å². The molecule has 1 heterocycles. The van der Waals surface area contributed by atoms with E-state index in [1.807, 2.05) is 19.1 Å². The van der Waals surface area contributed by atoms with Gasteiger partial charge in [-0.1, -0.05) is 29.8 Å². The van der Waals surface area contributed by atoms with Crippen molar-refractivity contribution in [1.29, 1.82) is 0 Å². The number of hydrogen-bond acceptors (Lipinski definition) is 3. The third-order valence-corrected chi connectivity index (χ3v) is 6.56. The van der Waals surface area contributed by atoms with Gasteiger partial charge in [0.2, 0.25) is 11.8 Å². The Morgan fingerprint density at radius 3 is 2.25 bits per heavy atom. The predicted molar refractivity (Wildman–Crippen MR) is 91.0 cm³/mol. The summed E-state index contributed by atoms with van der Waals surface area (Å²) in [5.74, 6) is 1.78. The first kappa shape index (κ1) is 14.3. The molecule has 4 aliphatic carbocycles. The van der Waals surface area contributed by atoms with Gasteiger partial charge in [0.15, 0.2) is 0 Å². The highest BCUT2D eigenvalue weighted by atomic mass is 16.2. The number of hydrogen-bond donors (Lipinski definition) is 1. The van der Waals surface area contributed by atoms with Crippen LogP contribution in [0.25, 0.3) is 0 Å². The summed E-state index contributed by atoms with van der Waals surface area (Å²) in [6, 6.07) is 6.16. The molecule has 0 radical (unpaired) electrons. The molecular weight excluding hydrogens is 300 g/mol. The van der Waals surface area contributed by atoms with Gasteiger partial charge in [-0.3, -0.25) is 14.5 Å². The summed E-state index contributed by atoms with van der Waals surface area (Å²) in [4.78, 5) is 27.3. The summed E-state index contributed by atoms with van der Waals surface area (Å²) >= 11 is 0. The number of nitrogens with one attached hydrogen (secondary N) is 1. The number of carbonyl (C=O) groups excluding carboxylic acids is 2. The summed E-state index contributed by atoms with van der Waals surface area (Å²) in [7, 11) is 0. The predicted octanol–water partition coefficient (Wildman–Crippen LogP) is 2.73. The van der Waals surface area contributed by atoms with Crippen molar-refractivity contribution in [2.24, 2.45) is 35.5 Å². The van der Waals surface area contributed by atoms with E-state index in [-0.39, 0.29) is 30.3 Å². The van der Waals surface area contributed by atoms with Crippen molar-refractivity contribution in [3.63, 3.8) is 0 Å². The molecule has 6 atom stereocenters. The second-order valence-electron chi connectivity index (χ2n) is 7.91. The van der Waals surface area contributed by atoms with E-state index < -0.39 is 0 Å². The molecule has 0 aromatic heterocycles. The van der Waals surface area contributed by atoms with Gasteiger partial charge in [0.05, 0.1) is 18.5 Å². The number of likely N-dealkylation sites (tertiary alicyclic amines) is 1. The first-order valence-electron chi connectivity index (χ1n) is 8.91. The van der Waals surface area contributed by atoms with Crippen LogP contribution in [-0.2, 0) is 9.59 Å². The van der Waals surface area contributed by atoms with Crippen molar-refractivity contribution in [3.05, 3.63) is 41.5 Å². The Morgan fingerprint density at radius 2 is 1.67 bits per heavy atom. The van der Waals surface area contributed by atoms with Gasteiger partial charge < -0.3 is 5.32 Å². The average Bonchev–Trinajstić information content (AvgIpc) is 3.33. The van der Waals surface area contributed by atoms with Crippen LogP contribution in [0.4, 0.5) is 5.69 Å². The van der Waals surface area contributed by atoms with Crippen LogP contribution in [0.5, 0.6) is 0 Å². The largest absolute Gasteiger partial charge is 0.367 e. The Balaban J connectivity index is 1.37. The molecule has 1 aromatic carbocycles.